The molecule has 0 aliphatic carbocycles. The molecule has 0 radical (unpaired) electrons. The molecule has 2 rings (SSSR count). The van der Waals surface area contributed by atoms with Crippen molar-refractivity contribution in [3.63, 3.8) is 0 Å². The fourth-order valence-electron chi connectivity index (χ4n) is 3.14. The van der Waals surface area contributed by atoms with E-state index >= 15 is 0 Å². The van der Waals surface area contributed by atoms with Crippen LogP contribution in [0.25, 0.3) is 0 Å². The second-order valence-corrected chi connectivity index (χ2v) is 8.66. The quantitative estimate of drug-likeness (QED) is 0.637. The molecule has 0 unspecified atom stereocenters. The Hall–Kier alpha value is -1.46. The van der Waals surface area contributed by atoms with Crippen LogP contribution >= 0.6 is 11.6 Å². The molecule has 0 spiro atoms. The van der Waals surface area contributed by atoms with E-state index in [0.717, 1.165) is 61.8 Å². The molecule has 6 heteroatoms. The number of carbonyl (C=O) groups is 1. The van der Waals surface area contributed by atoms with Gasteiger partial charge in [0.05, 0.1) is 6.61 Å². The molecule has 1 N–H and O–H groups in total. The van der Waals surface area contributed by atoms with Crippen molar-refractivity contribution in [2.24, 2.45) is 5.92 Å². The van der Waals surface area contributed by atoms with Crippen LogP contribution in [0, 0.1) is 5.92 Å². The number of halogens is 1. The summed E-state index contributed by atoms with van der Waals surface area (Å²) in [5.74, 6) is 1.35. The summed E-state index contributed by atoms with van der Waals surface area (Å²) in [7, 11) is 0. The Morgan fingerprint density at radius 1 is 1.37 bits per heavy atom. The van der Waals surface area contributed by atoms with Crippen molar-refractivity contribution in [3.8, 4) is 5.75 Å². The monoisotopic (exact) mass is 396 g/mol. The Labute approximate surface area is 168 Å². The summed E-state index contributed by atoms with van der Waals surface area (Å²) in [6.07, 6.45) is 2.87. The van der Waals surface area contributed by atoms with E-state index in [2.05, 4.69) is 17.1 Å². The van der Waals surface area contributed by atoms with Gasteiger partial charge in [-0.05, 0) is 64.3 Å². The van der Waals surface area contributed by atoms with Gasteiger partial charge in [-0.1, -0.05) is 24.9 Å². The summed E-state index contributed by atoms with van der Waals surface area (Å²) in [4.78, 5) is 14.2. The van der Waals surface area contributed by atoms with Gasteiger partial charge in [-0.25, -0.2) is 4.79 Å². The molecule has 1 aromatic carbocycles. The highest BCUT2D eigenvalue weighted by Gasteiger charge is 2.25. The van der Waals surface area contributed by atoms with E-state index in [9.17, 15) is 4.79 Å². The average Bonchev–Trinajstić information content (AvgIpc) is 3.01. The first-order valence-electron chi connectivity index (χ1n) is 9.87. The zero-order valence-corrected chi connectivity index (χ0v) is 17.8. The maximum Gasteiger partial charge on any atom is 0.407 e. The smallest absolute Gasteiger partial charge is 0.407 e. The van der Waals surface area contributed by atoms with Crippen molar-refractivity contribution in [1.29, 1.82) is 0 Å². The molecule has 1 aromatic rings. The fourth-order valence-corrected chi connectivity index (χ4v) is 3.34. The number of hydrogen-bond acceptors (Lipinski definition) is 4. The minimum absolute atomic E-state index is 0.345. The molecule has 1 aliphatic heterocycles. The topological polar surface area (TPSA) is 50.8 Å². The van der Waals surface area contributed by atoms with Gasteiger partial charge >= 0.3 is 6.09 Å². The standard InChI is InChI=1S/C21H33ClN2O3/c1-5-6-11-26-19-8-7-18(22)12-17(19)15-24-10-9-16(14-24)13-23-20(25)27-21(2,3)4/h7-8,12,16H,5-6,9-11,13-15H2,1-4H3,(H,23,25)/t16-/m0/s1. The van der Waals surface area contributed by atoms with Crippen LogP contribution in [0.4, 0.5) is 4.79 Å². The summed E-state index contributed by atoms with van der Waals surface area (Å²) in [6.45, 7) is 11.9. The van der Waals surface area contributed by atoms with Crippen molar-refractivity contribution in [2.75, 3.05) is 26.2 Å². The fraction of sp³-hybridized carbons (Fsp3) is 0.667. The Bertz CT molecular complexity index is 616. The van der Waals surface area contributed by atoms with E-state index in [4.69, 9.17) is 21.1 Å². The molecule has 0 saturated carbocycles. The van der Waals surface area contributed by atoms with Gasteiger partial charge in [-0.2, -0.15) is 0 Å². The number of nitrogens with one attached hydrogen (secondary N) is 1. The van der Waals surface area contributed by atoms with Gasteiger partial charge in [-0.15, -0.1) is 0 Å². The van der Waals surface area contributed by atoms with Crippen molar-refractivity contribution < 1.29 is 14.3 Å². The van der Waals surface area contributed by atoms with Gasteiger partial charge in [-0.3, -0.25) is 4.90 Å². The summed E-state index contributed by atoms with van der Waals surface area (Å²) in [6, 6.07) is 5.84. The van der Waals surface area contributed by atoms with Crippen LogP contribution in [-0.4, -0.2) is 42.8 Å². The summed E-state index contributed by atoms with van der Waals surface area (Å²) >= 11 is 6.19. The molecule has 152 valence electrons. The lowest BCUT2D eigenvalue weighted by molar-refractivity contribution is 0.0519. The number of rotatable bonds is 8. The molecule has 1 heterocycles. The molecule has 27 heavy (non-hydrogen) atoms. The van der Waals surface area contributed by atoms with Gasteiger partial charge in [0, 0.05) is 30.2 Å². The van der Waals surface area contributed by atoms with E-state index in [1.54, 1.807) is 0 Å². The maximum atomic E-state index is 11.8. The van der Waals surface area contributed by atoms with Gasteiger partial charge in [0.1, 0.15) is 11.4 Å². The second kappa shape index (κ2) is 10.2. The van der Waals surface area contributed by atoms with Crippen molar-refractivity contribution in [3.05, 3.63) is 28.8 Å². The summed E-state index contributed by atoms with van der Waals surface area (Å²) in [5, 5.41) is 3.62. The first-order valence-corrected chi connectivity index (χ1v) is 10.2. The number of amides is 1. The van der Waals surface area contributed by atoms with E-state index < -0.39 is 5.60 Å². The first-order chi connectivity index (χ1) is 12.8. The summed E-state index contributed by atoms with van der Waals surface area (Å²) < 4.78 is 11.2. The molecule has 1 atom stereocenters. The van der Waals surface area contributed by atoms with Crippen molar-refractivity contribution >= 4 is 17.7 Å². The van der Waals surface area contributed by atoms with Crippen LogP contribution in [0.5, 0.6) is 5.75 Å². The third-order valence-electron chi connectivity index (χ3n) is 4.48. The molecule has 1 saturated heterocycles. The number of unbranched alkanes of at least 4 members (excludes halogenated alkanes) is 1. The molecular formula is C21H33ClN2O3. The minimum Gasteiger partial charge on any atom is -0.493 e. The molecule has 1 aliphatic rings. The number of benzene rings is 1. The highest BCUT2D eigenvalue weighted by molar-refractivity contribution is 6.30. The highest BCUT2D eigenvalue weighted by atomic mass is 35.5. The average molecular weight is 397 g/mol. The third-order valence-corrected chi connectivity index (χ3v) is 4.71. The number of alkyl carbamates (subject to hydrolysis) is 1. The van der Waals surface area contributed by atoms with Gasteiger partial charge < -0.3 is 14.8 Å². The zero-order valence-electron chi connectivity index (χ0n) is 17.0. The largest absolute Gasteiger partial charge is 0.493 e. The van der Waals surface area contributed by atoms with E-state index in [0.29, 0.717) is 12.5 Å². The highest BCUT2D eigenvalue weighted by Crippen LogP contribution is 2.27. The predicted molar refractivity (Wildman–Crippen MR) is 109 cm³/mol. The number of carbonyl (C=O) groups excluding carboxylic acids is 1. The van der Waals surface area contributed by atoms with Gasteiger partial charge in [0.25, 0.3) is 0 Å². The van der Waals surface area contributed by atoms with Crippen LogP contribution < -0.4 is 10.1 Å². The Balaban J connectivity index is 1.83. The lowest BCUT2D eigenvalue weighted by atomic mass is 10.1. The maximum absolute atomic E-state index is 11.8. The Kier molecular flexibility index (Phi) is 8.24. The van der Waals surface area contributed by atoms with Crippen LogP contribution in [0.15, 0.2) is 18.2 Å². The van der Waals surface area contributed by atoms with Gasteiger partial charge in [0.2, 0.25) is 0 Å². The number of hydrogen-bond donors (Lipinski definition) is 1. The Morgan fingerprint density at radius 2 is 2.15 bits per heavy atom. The van der Waals surface area contributed by atoms with Crippen molar-refractivity contribution in [1.82, 2.24) is 10.2 Å². The van der Waals surface area contributed by atoms with Crippen LogP contribution in [0.3, 0.4) is 0 Å². The SMILES string of the molecule is CCCCOc1ccc(Cl)cc1CN1CC[C@@H](CNC(=O)OC(C)(C)C)C1. The number of ether oxygens (including phenoxy) is 2. The summed E-state index contributed by atoms with van der Waals surface area (Å²) in [5.41, 5.74) is 0.659. The molecule has 1 fully saturated rings. The van der Waals surface area contributed by atoms with Crippen LogP contribution in [0.1, 0.15) is 52.5 Å². The van der Waals surface area contributed by atoms with Crippen molar-refractivity contribution in [2.45, 2.75) is 59.1 Å². The van der Waals surface area contributed by atoms with E-state index in [1.807, 2.05) is 39.0 Å². The van der Waals surface area contributed by atoms with E-state index in [1.165, 1.54) is 0 Å². The molecule has 0 aromatic heterocycles. The molecule has 5 nitrogen and oxygen atoms in total. The van der Waals surface area contributed by atoms with Crippen LogP contribution in [0.2, 0.25) is 5.02 Å². The number of likely N-dealkylation sites (tertiary alicyclic amines) is 1. The Morgan fingerprint density at radius 3 is 2.85 bits per heavy atom. The normalized spacial score (nSPS) is 17.7. The first kappa shape index (κ1) is 21.8. The van der Waals surface area contributed by atoms with E-state index in [-0.39, 0.29) is 6.09 Å². The zero-order chi connectivity index (χ0) is 19.9. The lowest BCUT2D eigenvalue weighted by Crippen LogP contribution is -2.36. The molecule has 1 amide bonds. The predicted octanol–water partition coefficient (Wildman–Crippen LogP) is 4.87. The lowest BCUT2D eigenvalue weighted by Gasteiger charge is -2.21. The minimum atomic E-state index is -0.466. The number of nitrogens with zero attached hydrogens (tertiary/aromatic N) is 1. The molecule has 0 bridgehead atoms. The van der Waals surface area contributed by atoms with Gasteiger partial charge in [0.15, 0.2) is 0 Å². The van der Waals surface area contributed by atoms with Crippen LogP contribution in [-0.2, 0) is 11.3 Å². The third kappa shape index (κ3) is 7.97. The molecular weight excluding hydrogens is 364 g/mol. The second-order valence-electron chi connectivity index (χ2n) is 8.23.